The van der Waals surface area contributed by atoms with Gasteiger partial charge in [-0.05, 0) is 37.8 Å². The average Bonchev–Trinajstić information content (AvgIpc) is 2.40. The maximum Gasteiger partial charge on any atom is 0.412 e. The predicted octanol–water partition coefficient (Wildman–Crippen LogP) is 2.60. The Balaban J connectivity index is 1.88. The molecule has 1 aliphatic carbocycles. The summed E-state index contributed by atoms with van der Waals surface area (Å²) in [5.41, 5.74) is 6.09. The molecule has 0 aliphatic heterocycles. The Kier molecular flexibility index (Phi) is 4.98. The van der Waals surface area contributed by atoms with Gasteiger partial charge in [-0.1, -0.05) is 30.4 Å². The van der Waals surface area contributed by atoms with Crippen LogP contribution in [0.1, 0.15) is 25.7 Å². The van der Waals surface area contributed by atoms with E-state index in [1.54, 1.807) is 12.1 Å². The van der Waals surface area contributed by atoms with E-state index in [-0.39, 0.29) is 12.1 Å². The lowest BCUT2D eigenvalue weighted by molar-refractivity contribution is 0.192. The quantitative estimate of drug-likeness (QED) is 0.803. The van der Waals surface area contributed by atoms with Gasteiger partial charge in [-0.15, -0.1) is 0 Å². The number of nitrogens with two attached hydrogens (primary N) is 1. The number of ether oxygens (including phenoxy) is 1. The molecule has 102 valence electrons. The third-order valence-corrected chi connectivity index (χ3v) is 3.25. The summed E-state index contributed by atoms with van der Waals surface area (Å²) in [6.45, 7) is 0. The van der Waals surface area contributed by atoms with Crippen molar-refractivity contribution in [2.24, 2.45) is 5.73 Å². The topological polar surface area (TPSA) is 64.3 Å². The monoisotopic (exact) mass is 260 g/mol. The van der Waals surface area contributed by atoms with Crippen LogP contribution in [0.25, 0.3) is 0 Å². The summed E-state index contributed by atoms with van der Waals surface area (Å²) in [6.07, 6.45) is 7.49. The van der Waals surface area contributed by atoms with E-state index in [1.807, 2.05) is 18.2 Å². The molecule has 19 heavy (non-hydrogen) atoms. The van der Waals surface area contributed by atoms with E-state index >= 15 is 0 Å². The number of para-hydroxylation sites is 1. The Bertz CT molecular complexity index is 431. The van der Waals surface area contributed by atoms with Crippen LogP contribution in [0.3, 0.4) is 0 Å². The van der Waals surface area contributed by atoms with Crippen LogP contribution < -0.4 is 15.8 Å². The first-order valence-corrected chi connectivity index (χ1v) is 6.69. The first-order valence-electron chi connectivity index (χ1n) is 6.69. The molecular weight excluding hydrogens is 240 g/mol. The fraction of sp³-hybridized carbons (Fsp3) is 0.400. The van der Waals surface area contributed by atoms with Crippen LogP contribution >= 0.6 is 0 Å². The van der Waals surface area contributed by atoms with Crippen molar-refractivity contribution in [2.45, 2.75) is 37.8 Å². The Morgan fingerprint density at radius 1 is 1.16 bits per heavy atom. The van der Waals surface area contributed by atoms with Crippen LogP contribution in [0.4, 0.5) is 4.79 Å². The molecule has 0 bridgehead atoms. The SMILES string of the molecule is NC1CCC=CCCC1NC(=O)Oc1ccccc1. The van der Waals surface area contributed by atoms with Gasteiger partial charge in [0, 0.05) is 12.1 Å². The molecule has 2 unspecified atom stereocenters. The van der Waals surface area contributed by atoms with Gasteiger partial charge in [-0.2, -0.15) is 0 Å². The lowest BCUT2D eigenvalue weighted by Gasteiger charge is -2.25. The Morgan fingerprint density at radius 3 is 2.58 bits per heavy atom. The van der Waals surface area contributed by atoms with Gasteiger partial charge >= 0.3 is 6.09 Å². The highest BCUT2D eigenvalue weighted by Gasteiger charge is 2.20. The molecule has 0 saturated carbocycles. The summed E-state index contributed by atoms with van der Waals surface area (Å²) < 4.78 is 5.21. The predicted molar refractivity (Wildman–Crippen MR) is 75.0 cm³/mol. The van der Waals surface area contributed by atoms with Gasteiger partial charge in [0.1, 0.15) is 5.75 Å². The van der Waals surface area contributed by atoms with E-state index in [0.717, 1.165) is 25.7 Å². The van der Waals surface area contributed by atoms with Gasteiger partial charge in [-0.3, -0.25) is 0 Å². The molecule has 0 fully saturated rings. The van der Waals surface area contributed by atoms with Gasteiger partial charge in [0.15, 0.2) is 0 Å². The van der Waals surface area contributed by atoms with E-state index in [1.165, 1.54) is 0 Å². The van der Waals surface area contributed by atoms with E-state index in [0.29, 0.717) is 5.75 Å². The van der Waals surface area contributed by atoms with Crippen LogP contribution in [0.15, 0.2) is 42.5 Å². The van der Waals surface area contributed by atoms with Crippen molar-refractivity contribution in [1.82, 2.24) is 5.32 Å². The molecule has 1 aromatic carbocycles. The van der Waals surface area contributed by atoms with Gasteiger partial charge in [-0.25, -0.2) is 4.79 Å². The van der Waals surface area contributed by atoms with Crippen LogP contribution in [0.5, 0.6) is 5.75 Å². The van der Waals surface area contributed by atoms with Crippen LogP contribution in [0.2, 0.25) is 0 Å². The van der Waals surface area contributed by atoms with E-state index in [9.17, 15) is 4.79 Å². The number of carbonyl (C=O) groups is 1. The molecule has 3 N–H and O–H groups in total. The highest BCUT2D eigenvalue weighted by Crippen LogP contribution is 2.13. The Hall–Kier alpha value is -1.81. The van der Waals surface area contributed by atoms with Gasteiger partial charge in [0.2, 0.25) is 0 Å². The first-order chi connectivity index (χ1) is 9.25. The second-order valence-electron chi connectivity index (χ2n) is 4.74. The molecule has 1 aliphatic rings. The minimum atomic E-state index is -0.434. The van der Waals surface area contributed by atoms with Crippen LogP contribution in [0, 0.1) is 0 Å². The first kappa shape index (κ1) is 13.6. The van der Waals surface area contributed by atoms with Crippen molar-refractivity contribution in [3.63, 3.8) is 0 Å². The zero-order valence-electron chi connectivity index (χ0n) is 10.9. The molecule has 4 heteroatoms. The number of hydrogen-bond acceptors (Lipinski definition) is 3. The second kappa shape index (κ2) is 6.95. The van der Waals surface area contributed by atoms with Crippen molar-refractivity contribution >= 4 is 6.09 Å². The number of carbonyl (C=O) groups excluding carboxylic acids is 1. The molecule has 1 aromatic rings. The zero-order valence-corrected chi connectivity index (χ0v) is 10.9. The standard InChI is InChI=1S/C15H20N2O2/c16-13-10-6-1-2-7-11-14(13)17-15(18)19-12-8-4-3-5-9-12/h1-5,8-9,13-14H,6-7,10-11,16H2,(H,17,18). The molecular formula is C15H20N2O2. The smallest absolute Gasteiger partial charge is 0.410 e. The number of allylic oxidation sites excluding steroid dienone is 2. The molecule has 0 spiro atoms. The van der Waals surface area contributed by atoms with Gasteiger partial charge < -0.3 is 15.8 Å². The fourth-order valence-corrected chi connectivity index (χ4v) is 2.17. The number of benzene rings is 1. The zero-order chi connectivity index (χ0) is 13.5. The van der Waals surface area contributed by atoms with E-state index in [4.69, 9.17) is 10.5 Å². The molecule has 1 amide bonds. The molecule has 4 nitrogen and oxygen atoms in total. The molecule has 0 heterocycles. The van der Waals surface area contributed by atoms with Crippen molar-refractivity contribution in [2.75, 3.05) is 0 Å². The fourth-order valence-electron chi connectivity index (χ4n) is 2.17. The van der Waals surface area contributed by atoms with Crippen molar-refractivity contribution in [1.29, 1.82) is 0 Å². The molecule has 0 saturated heterocycles. The minimum absolute atomic E-state index is 0.0201. The maximum atomic E-state index is 11.8. The number of amides is 1. The molecule has 0 aromatic heterocycles. The lowest BCUT2D eigenvalue weighted by atomic mass is 9.96. The maximum absolute atomic E-state index is 11.8. The summed E-state index contributed by atoms with van der Waals surface area (Å²) in [5.74, 6) is 0.541. The summed E-state index contributed by atoms with van der Waals surface area (Å²) in [5, 5.41) is 2.86. The van der Waals surface area contributed by atoms with E-state index < -0.39 is 6.09 Å². The number of rotatable bonds is 2. The third-order valence-electron chi connectivity index (χ3n) is 3.25. The third kappa shape index (κ3) is 4.41. The Labute approximate surface area is 113 Å². The highest BCUT2D eigenvalue weighted by atomic mass is 16.6. The average molecular weight is 260 g/mol. The van der Waals surface area contributed by atoms with Crippen molar-refractivity contribution < 1.29 is 9.53 Å². The van der Waals surface area contributed by atoms with Crippen LogP contribution in [-0.2, 0) is 0 Å². The highest BCUT2D eigenvalue weighted by molar-refractivity contribution is 5.70. The summed E-state index contributed by atoms with van der Waals surface area (Å²) in [4.78, 5) is 11.8. The normalized spacial score (nSPS) is 23.2. The lowest BCUT2D eigenvalue weighted by Crippen LogP contribution is -2.48. The summed E-state index contributed by atoms with van der Waals surface area (Å²) in [6, 6.07) is 8.99. The largest absolute Gasteiger partial charge is 0.412 e. The van der Waals surface area contributed by atoms with Crippen molar-refractivity contribution in [3.8, 4) is 5.75 Å². The Morgan fingerprint density at radius 2 is 1.84 bits per heavy atom. The van der Waals surface area contributed by atoms with Crippen molar-refractivity contribution in [3.05, 3.63) is 42.5 Å². The second-order valence-corrected chi connectivity index (χ2v) is 4.74. The molecule has 0 radical (unpaired) electrons. The molecule has 2 atom stereocenters. The van der Waals surface area contributed by atoms with Gasteiger partial charge in [0.05, 0.1) is 0 Å². The minimum Gasteiger partial charge on any atom is -0.410 e. The summed E-state index contributed by atoms with van der Waals surface area (Å²) in [7, 11) is 0. The molecule has 2 rings (SSSR count). The van der Waals surface area contributed by atoms with Gasteiger partial charge in [0.25, 0.3) is 0 Å². The van der Waals surface area contributed by atoms with E-state index in [2.05, 4.69) is 17.5 Å². The number of nitrogens with one attached hydrogen (secondary N) is 1. The summed E-state index contributed by atoms with van der Waals surface area (Å²) >= 11 is 0. The number of hydrogen-bond donors (Lipinski definition) is 2. The van der Waals surface area contributed by atoms with Crippen LogP contribution in [-0.4, -0.2) is 18.2 Å².